The van der Waals surface area contributed by atoms with Gasteiger partial charge in [-0.05, 0) is 52.7 Å². The summed E-state index contributed by atoms with van der Waals surface area (Å²) in [4.78, 5) is 0. The number of fused-ring (bicyclic) bond motifs is 1. The number of hydrogen-bond donors (Lipinski definition) is 2. The normalized spacial score (nSPS) is 11.9. The number of hydrogen-bond acceptors (Lipinski definition) is 4. The molecule has 8 heteroatoms. The number of H-pyrrole nitrogens is 1. The molecule has 104 valence electrons. The van der Waals surface area contributed by atoms with E-state index in [0.717, 1.165) is 20.3 Å². The van der Waals surface area contributed by atoms with Gasteiger partial charge in [-0.1, -0.05) is 0 Å². The van der Waals surface area contributed by atoms with Crippen molar-refractivity contribution < 1.29 is 8.42 Å². The predicted octanol–water partition coefficient (Wildman–Crippen LogP) is 3.50. The lowest BCUT2D eigenvalue weighted by Gasteiger charge is -2.05. The van der Waals surface area contributed by atoms with Crippen LogP contribution in [0.25, 0.3) is 10.9 Å². The second-order valence-corrected chi connectivity index (χ2v) is 8.58. The summed E-state index contributed by atoms with van der Waals surface area (Å²) in [5.41, 5.74) is 2.28. The molecule has 0 aliphatic carbocycles. The van der Waals surface area contributed by atoms with Crippen molar-refractivity contribution in [2.45, 2.75) is 11.1 Å². The van der Waals surface area contributed by atoms with Crippen LogP contribution < -0.4 is 4.72 Å². The van der Waals surface area contributed by atoms with Gasteiger partial charge < -0.3 is 0 Å². The summed E-state index contributed by atoms with van der Waals surface area (Å²) >= 11 is 4.53. The summed E-state index contributed by atoms with van der Waals surface area (Å²) < 4.78 is 28.3. The van der Waals surface area contributed by atoms with Crippen LogP contribution in [0.15, 0.2) is 38.5 Å². The second-order valence-electron chi connectivity index (χ2n) is 4.30. The van der Waals surface area contributed by atoms with E-state index >= 15 is 0 Å². The third-order valence-corrected chi connectivity index (χ3v) is 6.78. The summed E-state index contributed by atoms with van der Waals surface area (Å²) in [6.45, 7) is 1.86. The Morgan fingerprint density at radius 3 is 2.85 bits per heavy atom. The van der Waals surface area contributed by atoms with E-state index in [4.69, 9.17) is 0 Å². The molecule has 0 atom stereocenters. The van der Waals surface area contributed by atoms with Crippen LogP contribution in [0, 0.1) is 6.92 Å². The molecule has 0 spiro atoms. The fourth-order valence-corrected chi connectivity index (χ4v) is 5.05. The van der Waals surface area contributed by atoms with Crippen molar-refractivity contribution in [3.63, 3.8) is 0 Å². The Kier molecular flexibility index (Phi) is 3.31. The Bertz CT molecular complexity index is 864. The molecular formula is C12H10BrN3O2S2. The molecule has 3 aromatic rings. The Balaban J connectivity index is 1.96. The molecule has 1 aromatic carbocycles. The third-order valence-electron chi connectivity index (χ3n) is 2.79. The molecule has 20 heavy (non-hydrogen) atoms. The molecule has 0 saturated heterocycles. The van der Waals surface area contributed by atoms with Gasteiger partial charge in [0.05, 0.1) is 15.5 Å². The van der Waals surface area contributed by atoms with E-state index in [1.807, 2.05) is 6.92 Å². The number of sulfonamides is 1. The lowest BCUT2D eigenvalue weighted by atomic mass is 10.2. The van der Waals surface area contributed by atoms with Crippen molar-refractivity contribution in [1.29, 1.82) is 0 Å². The van der Waals surface area contributed by atoms with Crippen LogP contribution in [0.3, 0.4) is 0 Å². The molecule has 2 heterocycles. The molecule has 0 aliphatic heterocycles. The van der Waals surface area contributed by atoms with Crippen LogP contribution >= 0.6 is 27.3 Å². The van der Waals surface area contributed by atoms with Crippen LogP contribution in [0.4, 0.5) is 5.69 Å². The van der Waals surface area contributed by atoms with Crippen molar-refractivity contribution in [3.8, 4) is 0 Å². The van der Waals surface area contributed by atoms with Crippen molar-refractivity contribution in [2.24, 2.45) is 0 Å². The fraction of sp³-hybridized carbons (Fsp3) is 0.0833. The number of nitrogens with zero attached hydrogens (tertiary/aromatic N) is 1. The maximum Gasteiger partial charge on any atom is 0.271 e. The SMILES string of the molecule is Cc1cc(S(=O)(=O)Nc2ccc3[nH]ncc3c2)sc1Br. The number of aryl methyl sites for hydroxylation is 1. The molecule has 0 aliphatic rings. The van der Waals surface area contributed by atoms with E-state index in [-0.39, 0.29) is 4.21 Å². The minimum absolute atomic E-state index is 0.286. The molecule has 0 radical (unpaired) electrons. The number of aromatic amines is 1. The molecule has 0 fully saturated rings. The van der Waals surface area contributed by atoms with Crippen LogP contribution in [-0.2, 0) is 10.0 Å². The molecule has 5 nitrogen and oxygen atoms in total. The fourth-order valence-electron chi connectivity index (χ4n) is 1.78. The summed E-state index contributed by atoms with van der Waals surface area (Å²) in [5, 5.41) is 7.58. The average Bonchev–Trinajstić information content (AvgIpc) is 2.96. The molecule has 2 N–H and O–H groups in total. The lowest BCUT2D eigenvalue weighted by molar-refractivity contribution is 0.603. The second kappa shape index (κ2) is 4.87. The van der Waals surface area contributed by atoms with Gasteiger partial charge in [0.2, 0.25) is 0 Å². The first-order chi connectivity index (χ1) is 9.45. The Morgan fingerprint density at radius 2 is 2.15 bits per heavy atom. The zero-order valence-corrected chi connectivity index (χ0v) is 13.6. The number of nitrogens with one attached hydrogen (secondary N) is 2. The molecule has 0 amide bonds. The Hall–Kier alpha value is -1.38. The van der Waals surface area contributed by atoms with Crippen molar-refractivity contribution in [3.05, 3.63) is 39.8 Å². The summed E-state index contributed by atoms with van der Waals surface area (Å²) in [7, 11) is -3.56. The highest BCUT2D eigenvalue weighted by Crippen LogP contribution is 2.31. The summed E-state index contributed by atoms with van der Waals surface area (Å²) in [5.74, 6) is 0. The first-order valence-electron chi connectivity index (χ1n) is 5.67. The number of benzene rings is 1. The van der Waals surface area contributed by atoms with Crippen LogP contribution in [0.1, 0.15) is 5.56 Å². The molecule has 2 aromatic heterocycles. The molecule has 0 unspecified atom stereocenters. The lowest BCUT2D eigenvalue weighted by Crippen LogP contribution is -2.11. The first kappa shape index (κ1) is 13.6. The monoisotopic (exact) mass is 371 g/mol. The van der Waals surface area contributed by atoms with E-state index in [0.29, 0.717) is 5.69 Å². The Morgan fingerprint density at radius 1 is 1.35 bits per heavy atom. The maximum atomic E-state index is 12.3. The minimum atomic E-state index is -3.56. The van der Waals surface area contributed by atoms with Gasteiger partial charge in [0, 0.05) is 11.1 Å². The highest BCUT2D eigenvalue weighted by molar-refractivity contribution is 9.11. The summed E-state index contributed by atoms with van der Waals surface area (Å²) in [6.07, 6.45) is 1.65. The van der Waals surface area contributed by atoms with Crippen LogP contribution in [-0.4, -0.2) is 18.6 Å². The quantitative estimate of drug-likeness (QED) is 0.739. The smallest absolute Gasteiger partial charge is 0.271 e. The number of anilines is 1. The minimum Gasteiger partial charge on any atom is -0.279 e. The Labute approximate surface area is 128 Å². The largest absolute Gasteiger partial charge is 0.279 e. The molecule has 0 bridgehead atoms. The zero-order valence-electron chi connectivity index (χ0n) is 10.3. The predicted molar refractivity (Wildman–Crippen MR) is 83.7 cm³/mol. The average molecular weight is 372 g/mol. The summed E-state index contributed by atoms with van der Waals surface area (Å²) in [6, 6.07) is 6.88. The van der Waals surface area contributed by atoms with Gasteiger partial charge in [-0.2, -0.15) is 5.10 Å². The third kappa shape index (κ3) is 2.46. The van der Waals surface area contributed by atoms with Gasteiger partial charge >= 0.3 is 0 Å². The van der Waals surface area contributed by atoms with E-state index < -0.39 is 10.0 Å². The highest BCUT2D eigenvalue weighted by atomic mass is 79.9. The van der Waals surface area contributed by atoms with E-state index in [9.17, 15) is 8.42 Å². The molecule has 0 saturated carbocycles. The van der Waals surface area contributed by atoms with Crippen LogP contribution in [0.5, 0.6) is 0 Å². The first-order valence-corrected chi connectivity index (χ1v) is 8.77. The number of rotatable bonds is 3. The van der Waals surface area contributed by atoms with Gasteiger partial charge in [-0.25, -0.2) is 8.42 Å². The van der Waals surface area contributed by atoms with E-state index in [1.165, 1.54) is 11.3 Å². The standard InChI is InChI=1S/C12H10BrN3O2S2/c1-7-4-11(19-12(7)13)20(17,18)16-9-2-3-10-8(5-9)6-14-15-10/h2-6,16H,1H3,(H,14,15). The topological polar surface area (TPSA) is 74.8 Å². The van der Waals surface area contributed by atoms with Gasteiger partial charge in [0.15, 0.2) is 0 Å². The molecule has 3 rings (SSSR count). The number of aromatic nitrogens is 2. The molecular weight excluding hydrogens is 362 g/mol. The van der Waals surface area contributed by atoms with Crippen molar-refractivity contribution in [1.82, 2.24) is 10.2 Å². The van der Waals surface area contributed by atoms with Crippen molar-refractivity contribution in [2.75, 3.05) is 4.72 Å². The van der Waals surface area contributed by atoms with Gasteiger partial charge in [-0.15, -0.1) is 11.3 Å². The number of halogens is 1. The van der Waals surface area contributed by atoms with Crippen molar-refractivity contribution >= 4 is 53.9 Å². The van der Waals surface area contributed by atoms with E-state index in [2.05, 4.69) is 30.8 Å². The van der Waals surface area contributed by atoms with E-state index in [1.54, 1.807) is 30.5 Å². The van der Waals surface area contributed by atoms with Gasteiger partial charge in [0.25, 0.3) is 10.0 Å². The number of thiophene rings is 1. The maximum absolute atomic E-state index is 12.3. The highest BCUT2D eigenvalue weighted by Gasteiger charge is 2.18. The van der Waals surface area contributed by atoms with Gasteiger partial charge in [0.1, 0.15) is 4.21 Å². The van der Waals surface area contributed by atoms with Gasteiger partial charge in [-0.3, -0.25) is 9.82 Å². The zero-order chi connectivity index (χ0) is 14.3. The van der Waals surface area contributed by atoms with Crippen LogP contribution in [0.2, 0.25) is 0 Å².